The smallest absolute Gasteiger partial charge is 0.177 e. The van der Waals surface area contributed by atoms with Crippen LogP contribution in [-0.2, 0) is 0 Å². The lowest BCUT2D eigenvalue weighted by Crippen LogP contribution is -1.84. The Balaban J connectivity index is 1.78. The highest BCUT2D eigenvalue weighted by Crippen LogP contribution is 2.51. The van der Waals surface area contributed by atoms with Crippen molar-refractivity contribution in [3.63, 3.8) is 0 Å². The Labute approximate surface area is 167 Å². The van der Waals surface area contributed by atoms with Crippen LogP contribution in [0.15, 0.2) is 60.7 Å². The normalized spacial score (nSPS) is 13.1. The number of halogens is 1. The van der Waals surface area contributed by atoms with Gasteiger partial charge in [-0.05, 0) is 89.6 Å². The van der Waals surface area contributed by atoms with Crippen LogP contribution < -0.4 is 0 Å². The van der Waals surface area contributed by atoms with Crippen LogP contribution >= 0.6 is 11.3 Å². The van der Waals surface area contributed by atoms with Crippen LogP contribution in [0.5, 0.6) is 5.75 Å². The first kappa shape index (κ1) is 14.6. The minimum atomic E-state index is -0.128. The Bertz CT molecular complexity index is 1930. The summed E-state index contributed by atoms with van der Waals surface area (Å²) < 4.78 is 15.1. The number of benzene rings is 5. The van der Waals surface area contributed by atoms with Gasteiger partial charge in [0.2, 0.25) is 0 Å². The number of aromatic hydroxyl groups is 1. The second kappa shape index (κ2) is 4.42. The summed E-state index contributed by atoms with van der Waals surface area (Å²) in [5, 5.41) is 25.4. The highest BCUT2D eigenvalue weighted by Gasteiger charge is 2.22. The van der Waals surface area contributed by atoms with Gasteiger partial charge in [-0.1, -0.05) is 30.3 Å². The molecule has 1 nitrogen and oxygen atoms in total. The first-order valence-electron chi connectivity index (χ1n) is 9.61. The summed E-state index contributed by atoms with van der Waals surface area (Å²) >= 11 is 1.24. The molecular formula is C26H11FOS. The van der Waals surface area contributed by atoms with E-state index in [0.717, 1.165) is 26.2 Å². The van der Waals surface area contributed by atoms with Gasteiger partial charge in [0.25, 0.3) is 0 Å². The summed E-state index contributed by atoms with van der Waals surface area (Å²) in [6.45, 7) is 0. The van der Waals surface area contributed by atoms with Crippen molar-refractivity contribution in [3.8, 4) is 5.75 Å². The molecule has 3 heteroatoms. The number of hydrogen-bond donors (Lipinski definition) is 1. The van der Waals surface area contributed by atoms with Gasteiger partial charge in [-0.25, -0.2) is 0 Å². The molecule has 0 aliphatic heterocycles. The summed E-state index contributed by atoms with van der Waals surface area (Å²) in [4.78, 5) is 0. The zero-order valence-corrected chi connectivity index (χ0v) is 15.8. The van der Waals surface area contributed by atoms with Gasteiger partial charge in [-0.2, -0.15) is 4.39 Å². The fraction of sp³-hybridized carbons (Fsp3) is 0. The summed E-state index contributed by atoms with van der Waals surface area (Å²) in [5.41, 5.74) is 0. The molecule has 1 aromatic heterocycles. The molecule has 0 bridgehead atoms. The number of thiophene rings is 1. The monoisotopic (exact) mass is 390 g/mol. The van der Waals surface area contributed by atoms with Crippen LogP contribution in [0.25, 0.3) is 74.7 Å². The average molecular weight is 390 g/mol. The molecule has 0 saturated carbocycles. The van der Waals surface area contributed by atoms with Gasteiger partial charge in [-0.15, -0.1) is 11.3 Å². The van der Waals surface area contributed by atoms with Crippen LogP contribution in [-0.4, -0.2) is 5.11 Å². The molecule has 0 radical (unpaired) electrons. The molecule has 1 heterocycles. The van der Waals surface area contributed by atoms with Gasteiger partial charge >= 0.3 is 0 Å². The standard InChI is InChI=1S/C26H11FOS/c27-21-10-19-16-5-2-11-7-18-17-9-13(28)3-6-14(17)15-4-1-12-8-20(26(19)29-21)25(16)23(11)22(12)24(15)18/h1-10,28H. The third kappa shape index (κ3) is 1.49. The Morgan fingerprint density at radius 3 is 2.00 bits per heavy atom. The number of phenolic OH excluding ortho intramolecular Hbond substituents is 1. The van der Waals surface area contributed by atoms with Crippen molar-refractivity contribution in [2.24, 2.45) is 0 Å². The molecule has 1 N–H and O–H groups in total. The van der Waals surface area contributed by atoms with Crippen molar-refractivity contribution in [1.29, 1.82) is 0 Å². The fourth-order valence-electron chi connectivity index (χ4n) is 5.62. The van der Waals surface area contributed by atoms with E-state index in [4.69, 9.17) is 0 Å². The lowest BCUT2D eigenvalue weighted by atomic mass is 9.90. The third-order valence-electron chi connectivity index (χ3n) is 6.68. The highest BCUT2D eigenvalue weighted by atomic mass is 32.1. The number of rotatable bonds is 0. The lowest BCUT2D eigenvalue weighted by molar-refractivity contribution is 0.476. The van der Waals surface area contributed by atoms with E-state index < -0.39 is 0 Å². The summed E-state index contributed by atoms with van der Waals surface area (Å²) in [6, 6.07) is 20.5. The molecule has 7 aromatic carbocycles. The first-order chi connectivity index (χ1) is 14.2. The van der Waals surface area contributed by atoms with E-state index in [9.17, 15) is 9.50 Å². The van der Waals surface area contributed by atoms with E-state index in [-0.39, 0.29) is 5.13 Å². The van der Waals surface area contributed by atoms with Crippen molar-refractivity contribution in [1.82, 2.24) is 0 Å². The quantitative estimate of drug-likeness (QED) is 0.260. The predicted octanol–water partition coefficient (Wildman–Crippen LogP) is 7.98. The minimum absolute atomic E-state index is 0.128. The maximum atomic E-state index is 14.0. The lowest BCUT2D eigenvalue weighted by Gasteiger charge is -2.12. The zero-order valence-electron chi connectivity index (χ0n) is 15.0. The van der Waals surface area contributed by atoms with Gasteiger partial charge in [0, 0.05) is 15.5 Å². The van der Waals surface area contributed by atoms with Crippen LogP contribution in [0.3, 0.4) is 0 Å². The zero-order chi connectivity index (χ0) is 19.0. The van der Waals surface area contributed by atoms with Crippen molar-refractivity contribution in [2.45, 2.75) is 0 Å². The van der Waals surface area contributed by atoms with Crippen molar-refractivity contribution >= 4 is 86.1 Å². The fourth-order valence-corrected chi connectivity index (χ4v) is 6.54. The number of hydrogen-bond acceptors (Lipinski definition) is 2. The molecule has 0 atom stereocenters. The molecule has 0 unspecified atom stereocenters. The Morgan fingerprint density at radius 1 is 0.552 bits per heavy atom. The molecule has 0 spiro atoms. The summed E-state index contributed by atoms with van der Waals surface area (Å²) in [5.74, 6) is 0.291. The number of fused-ring (bicyclic) bond motifs is 6. The predicted molar refractivity (Wildman–Crippen MR) is 122 cm³/mol. The van der Waals surface area contributed by atoms with E-state index in [1.165, 1.54) is 59.8 Å². The van der Waals surface area contributed by atoms with Gasteiger partial charge in [0.05, 0.1) is 0 Å². The van der Waals surface area contributed by atoms with Gasteiger partial charge in [0.1, 0.15) is 5.75 Å². The largest absolute Gasteiger partial charge is 0.508 e. The Hall–Kier alpha value is -3.43. The third-order valence-corrected chi connectivity index (χ3v) is 7.64. The second-order valence-corrected chi connectivity index (χ2v) is 9.05. The molecule has 0 saturated heterocycles. The van der Waals surface area contributed by atoms with Crippen molar-refractivity contribution < 1.29 is 9.50 Å². The SMILES string of the molecule is Oc1ccc2c(c1)c1cc3ccc4c5cc(F)sc5c5cc6ccc2c1c6c3c45. The van der Waals surface area contributed by atoms with Gasteiger partial charge < -0.3 is 5.11 Å². The van der Waals surface area contributed by atoms with Crippen molar-refractivity contribution in [2.75, 3.05) is 0 Å². The minimum Gasteiger partial charge on any atom is -0.508 e. The van der Waals surface area contributed by atoms with E-state index in [0.29, 0.717) is 5.75 Å². The average Bonchev–Trinajstić information content (AvgIpc) is 3.34. The maximum absolute atomic E-state index is 14.0. The van der Waals surface area contributed by atoms with E-state index in [2.05, 4.69) is 36.4 Å². The van der Waals surface area contributed by atoms with Crippen LogP contribution in [0.2, 0.25) is 0 Å². The summed E-state index contributed by atoms with van der Waals surface area (Å²) in [6.07, 6.45) is 0. The van der Waals surface area contributed by atoms with Gasteiger partial charge in [0.15, 0.2) is 5.13 Å². The molecular weight excluding hydrogens is 379 g/mol. The van der Waals surface area contributed by atoms with E-state index in [1.807, 2.05) is 12.1 Å². The molecule has 0 amide bonds. The second-order valence-electron chi connectivity index (χ2n) is 8.04. The molecule has 134 valence electrons. The highest BCUT2D eigenvalue weighted by molar-refractivity contribution is 7.19. The molecule has 0 aliphatic carbocycles. The van der Waals surface area contributed by atoms with Crippen LogP contribution in [0.1, 0.15) is 0 Å². The molecule has 29 heavy (non-hydrogen) atoms. The first-order valence-corrected chi connectivity index (χ1v) is 10.4. The molecule has 0 aliphatic rings. The number of phenols is 1. The van der Waals surface area contributed by atoms with Gasteiger partial charge in [-0.3, -0.25) is 0 Å². The maximum Gasteiger partial charge on any atom is 0.177 e. The summed E-state index contributed by atoms with van der Waals surface area (Å²) in [7, 11) is 0. The van der Waals surface area contributed by atoms with Crippen LogP contribution in [0.4, 0.5) is 4.39 Å². The van der Waals surface area contributed by atoms with E-state index >= 15 is 0 Å². The molecule has 8 aromatic rings. The van der Waals surface area contributed by atoms with E-state index in [1.54, 1.807) is 12.1 Å². The topological polar surface area (TPSA) is 20.2 Å². The molecule has 0 fully saturated rings. The Morgan fingerprint density at radius 2 is 1.21 bits per heavy atom. The molecule has 8 rings (SSSR count). The van der Waals surface area contributed by atoms with Crippen LogP contribution in [0, 0.1) is 5.13 Å². The Kier molecular flexibility index (Phi) is 2.22. The van der Waals surface area contributed by atoms with Crippen molar-refractivity contribution in [3.05, 3.63) is 65.8 Å².